The van der Waals surface area contributed by atoms with E-state index in [1.165, 1.54) is 0 Å². The third-order valence-corrected chi connectivity index (χ3v) is 4.48. The summed E-state index contributed by atoms with van der Waals surface area (Å²) in [5.74, 6) is 1.28. The van der Waals surface area contributed by atoms with Crippen molar-refractivity contribution in [3.8, 4) is 11.5 Å². The zero-order chi connectivity index (χ0) is 18.1. The lowest BCUT2D eigenvalue weighted by Gasteiger charge is -2.09. The normalized spacial score (nSPS) is 11.6. The van der Waals surface area contributed by atoms with Gasteiger partial charge in [-0.05, 0) is 33.1 Å². The molecule has 7 nitrogen and oxygen atoms in total. The van der Waals surface area contributed by atoms with Crippen LogP contribution < -0.4 is 15.0 Å². The lowest BCUT2D eigenvalue weighted by molar-refractivity contribution is 0.356. The van der Waals surface area contributed by atoms with Gasteiger partial charge in [0.2, 0.25) is 0 Å². The van der Waals surface area contributed by atoms with Crippen LogP contribution in [-0.4, -0.2) is 54.1 Å². The van der Waals surface area contributed by atoms with E-state index in [1.54, 1.807) is 25.1 Å². The van der Waals surface area contributed by atoms with E-state index in [-0.39, 0.29) is 5.56 Å². The van der Waals surface area contributed by atoms with E-state index in [4.69, 9.17) is 9.47 Å². The van der Waals surface area contributed by atoms with E-state index >= 15 is 0 Å². The monoisotopic (exact) mass is 344 g/mol. The van der Waals surface area contributed by atoms with Gasteiger partial charge in [0, 0.05) is 30.4 Å². The number of aromatic nitrogens is 3. The molecule has 0 aliphatic rings. The topological polar surface area (TPSA) is 61.5 Å². The first kappa shape index (κ1) is 17.3. The number of fused-ring (bicyclic) bond motifs is 3. The van der Waals surface area contributed by atoms with Crippen LogP contribution in [0.15, 0.2) is 23.1 Å². The first-order valence-corrected chi connectivity index (χ1v) is 8.23. The van der Waals surface area contributed by atoms with Crippen LogP contribution in [0, 0.1) is 0 Å². The van der Waals surface area contributed by atoms with Crippen molar-refractivity contribution in [2.75, 3.05) is 34.9 Å². The highest BCUT2D eigenvalue weighted by atomic mass is 16.5. The Balaban J connectivity index is 2.17. The van der Waals surface area contributed by atoms with Gasteiger partial charge in [-0.3, -0.25) is 4.79 Å². The number of benzene rings is 1. The second-order valence-electron chi connectivity index (χ2n) is 6.38. The number of hydrogen-bond donors (Lipinski definition) is 0. The first-order valence-electron chi connectivity index (χ1n) is 8.23. The summed E-state index contributed by atoms with van der Waals surface area (Å²) in [5.41, 5.74) is 1.48. The maximum absolute atomic E-state index is 12.9. The van der Waals surface area contributed by atoms with E-state index in [0.717, 1.165) is 29.3 Å². The molecule has 0 saturated carbocycles. The van der Waals surface area contributed by atoms with Gasteiger partial charge in [0.15, 0.2) is 11.5 Å². The molecule has 0 N–H and O–H groups in total. The van der Waals surface area contributed by atoms with Crippen LogP contribution >= 0.6 is 0 Å². The van der Waals surface area contributed by atoms with Gasteiger partial charge >= 0.3 is 0 Å². The van der Waals surface area contributed by atoms with Gasteiger partial charge in [-0.1, -0.05) is 0 Å². The summed E-state index contributed by atoms with van der Waals surface area (Å²) in [5, 5.41) is 6.12. The summed E-state index contributed by atoms with van der Waals surface area (Å²) in [6, 6.07) is 3.79. The van der Waals surface area contributed by atoms with Gasteiger partial charge < -0.3 is 18.9 Å². The SMILES string of the molecule is COc1cc2c3cnn(CCCN(C)C)c(=O)c3n(C)c2cc1OC. The Labute approximate surface area is 146 Å². The summed E-state index contributed by atoms with van der Waals surface area (Å²) >= 11 is 0. The van der Waals surface area contributed by atoms with Crippen LogP contribution in [-0.2, 0) is 13.6 Å². The molecule has 0 saturated heterocycles. The molecule has 2 heterocycles. The highest BCUT2D eigenvalue weighted by Gasteiger charge is 2.17. The average molecular weight is 344 g/mol. The van der Waals surface area contributed by atoms with Gasteiger partial charge in [-0.25, -0.2) is 4.68 Å². The molecule has 0 unspecified atom stereocenters. The highest BCUT2D eigenvalue weighted by molar-refractivity contribution is 6.08. The molecule has 0 radical (unpaired) electrons. The minimum absolute atomic E-state index is 0.0760. The van der Waals surface area contributed by atoms with Crippen LogP contribution in [0.2, 0.25) is 0 Å². The molecular formula is C18H24N4O3. The minimum atomic E-state index is -0.0760. The van der Waals surface area contributed by atoms with Gasteiger partial charge in [0.25, 0.3) is 5.56 Å². The molecule has 0 fully saturated rings. The number of rotatable bonds is 6. The van der Waals surface area contributed by atoms with Crippen molar-refractivity contribution < 1.29 is 9.47 Å². The first-order chi connectivity index (χ1) is 12.0. The number of ether oxygens (including phenoxy) is 2. The molecule has 0 atom stereocenters. The van der Waals surface area contributed by atoms with Crippen LogP contribution in [0.5, 0.6) is 11.5 Å². The lowest BCUT2D eigenvalue weighted by Crippen LogP contribution is -2.25. The van der Waals surface area contributed by atoms with Gasteiger partial charge in [-0.15, -0.1) is 0 Å². The van der Waals surface area contributed by atoms with Gasteiger partial charge in [-0.2, -0.15) is 5.10 Å². The van der Waals surface area contributed by atoms with E-state index in [0.29, 0.717) is 23.6 Å². The standard InChI is InChI=1S/C18H24N4O3/c1-20(2)7-6-8-22-18(23)17-13(11-19-22)12-9-15(24-4)16(25-5)10-14(12)21(17)3/h9-11H,6-8H2,1-5H3. The number of methoxy groups -OCH3 is 2. The molecule has 25 heavy (non-hydrogen) atoms. The molecule has 1 aromatic carbocycles. The number of nitrogens with zero attached hydrogens (tertiary/aromatic N) is 4. The molecule has 2 aromatic heterocycles. The largest absolute Gasteiger partial charge is 0.493 e. The van der Waals surface area contributed by atoms with Gasteiger partial charge in [0.1, 0.15) is 5.52 Å². The summed E-state index contributed by atoms with van der Waals surface area (Å²) in [4.78, 5) is 15.0. The van der Waals surface area contributed by atoms with Crippen LogP contribution in [0.1, 0.15) is 6.42 Å². The third kappa shape index (κ3) is 2.95. The lowest BCUT2D eigenvalue weighted by atomic mass is 10.2. The Bertz CT molecular complexity index is 972. The summed E-state index contributed by atoms with van der Waals surface area (Å²) in [7, 11) is 9.13. The molecule has 3 aromatic rings. The van der Waals surface area contributed by atoms with Crippen LogP contribution in [0.4, 0.5) is 0 Å². The summed E-state index contributed by atoms with van der Waals surface area (Å²) < 4.78 is 14.2. The van der Waals surface area contributed by atoms with E-state index < -0.39 is 0 Å². The van der Waals surface area contributed by atoms with E-state index in [9.17, 15) is 4.79 Å². The summed E-state index contributed by atoms with van der Waals surface area (Å²) in [6.45, 7) is 1.51. The number of hydrogen-bond acceptors (Lipinski definition) is 5. The fourth-order valence-corrected chi connectivity index (χ4v) is 3.18. The smallest absolute Gasteiger partial charge is 0.291 e. The van der Waals surface area contributed by atoms with Crippen molar-refractivity contribution in [2.45, 2.75) is 13.0 Å². The van der Waals surface area contributed by atoms with Gasteiger partial charge in [0.05, 0.1) is 25.9 Å². The predicted molar refractivity (Wildman–Crippen MR) is 98.8 cm³/mol. The maximum Gasteiger partial charge on any atom is 0.291 e. The quantitative estimate of drug-likeness (QED) is 0.683. The molecule has 134 valence electrons. The minimum Gasteiger partial charge on any atom is -0.493 e. The molecule has 0 amide bonds. The fraction of sp³-hybridized carbons (Fsp3) is 0.444. The van der Waals surface area contributed by atoms with Crippen molar-refractivity contribution >= 4 is 21.8 Å². The Kier molecular flexibility index (Phi) is 4.67. The van der Waals surface area contributed by atoms with Crippen molar-refractivity contribution in [3.05, 3.63) is 28.7 Å². The Morgan fingerprint density at radius 3 is 2.44 bits per heavy atom. The second kappa shape index (κ2) is 6.76. The van der Waals surface area contributed by atoms with Crippen molar-refractivity contribution in [1.82, 2.24) is 19.2 Å². The predicted octanol–water partition coefficient (Wildman–Crippen LogP) is 1.86. The van der Waals surface area contributed by atoms with E-state index in [1.807, 2.05) is 37.8 Å². The number of aryl methyl sites for hydroxylation is 2. The zero-order valence-corrected chi connectivity index (χ0v) is 15.4. The van der Waals surface area contributed by atoms with Crippen molar-refractivity contribution in [1.29, 1.82) is 0 Å². The fourth-order valence-electron chi connectivity index (χ4n) is 3.18. The average Bonchev–Trinajstić information content (AvgIpc) is 2.87. The molecular weight excluding hydrogens is 320 g/mol. The Morgan fingerprint density at radius 2 is 1.80 bits per heavy atom. The highest BCUT2D eigenvalue weighted by Crippen LogP contribution is 2.36. The van der Waals surface area contributed by atoms with Crippen molar-refractivity contribution in [2.24, 2.45) is 7.05 Å². The third-order valence-electron chi connectivity index (χ3n) is 4.48. The Hall–Kier alpha value is -2.54. The molecule has 0 aliphatic heterocycles. The van der Waals surface area contributed by atoms with Crippen molar-refractivity contribution in [3.63, 3.8) is 0 Å². The zero-order valence-electron chi connectivity index (χ0n) is 15.4. The Morgan fingerprint density at radius 1 is 1.12 bits per heavy atom. The second-order valence-corrected chi connectivity index (χ2v) is 6.38. The summed E-state index contributed by atoms with van der Waals surface area (Å²) in [6.07, 6.45) is 2.64. The van der Waals surface area contributed by atoms with E-state index in [2.05, 4.69) is 10.00 Å². The van der Waals surface area contributed by atoms with Crippen LogP contribution in [0.3, 0.4) is 0 Å². The van der Waals surface area contributed by atoms with Crippen LogP contribution in [0.25, 0.3) is 21.8 Å². The molecule has 7 heteroatoms. The molecule has 3 rings (SSSR count). The maximum atomic E-state index is 12.9. The molecule has 0 bridgehead atoms. The molecule has 0 aliphatic carbocycles. The molecule has 0 spiro atoms.